The molecule has 3 nitrogen and oxygen atoms in total. The normalized spacial score (nSPS) is 15.5. The molecule has 0 saturated carbocycles. The summed E-state index contributed by atoms with van der Waals surface area (Å²) in [6, 6.07) is 14.1. The second kappa shape index (κ2) is 4.35. The molecule has 0 radical (unpaired) electrons. The molecule has 0 unspecified atom stereocenters. The van der Waals surface area contributed by atoms with Crippen LogP contribution in [0.4, 0.5) is 5.69 Å². The van der Waals surface area contributed by atoms with Crippen molar-refractivity contribution in [3.05, 3.63) is 65.4 Å². The number of aromatic amines is 1. The summed E-state index contributed by atoms with van der Waals surface area (Å²) in [6.07, 6.45) is 3.91. The van der Waals surface area contributed by atoms with E-state index in [9.17, 15) is 4.79 Å². The van der Waals surface area contributed by atoms with Gasteiger partial charge in [0.2, 0.25) is 0 Å². The van der Waals surface area contributed by atoms with Crippen molar-refractivity contribution in [2.75, 3.05) is 5.32 Å². The van der Waals surface area contributed by atoms with Crippen LogP contribution in [0.3, 0.4) is 0 Å². The molecule has 1 aliphatic rings. The molecule has 102 valence electrons. The van der Waals surface area contributed by atoms with Gasteiger partial charge in [0.15, 0.2) is 0 Å². The van der Waals surface area contributed by atoms with Crippen LogP contribution >= 0.6 is 0 Å². The van der Waals surface area contributed by atoms with Gasteiger partial charge in [0, 0.05) is 39.5 Å². The number of aromatic nitrogens is 1. The van der Waals surface area contributed by atoms with E-state index in [-0.39, 0.29) is 5.91 Å². The van der Waals surface area contributed by atoms with Gasteiger partial charge in [0.05, 0.1) is 0 Å². The maximum absolute atomic E-state index is 12.2. The molecule has 3 heteroatoms. The summed E-state index contributed by atoms with van der Waals surface area (Å²) in [6.45, 7) is 2.07. The third kappa shape index (κ3) is 1.86. The monoisotopic (exact) mass is 274 g/mol. The standard InChI is InChI=1S/C18H14N2O/c1-11-6-7-16-14(8-11)12(10-19-16)9-15-13-4-2-3-5-17(13)20-18(15)21/h2-10,19H,1H3,(H,20,21)/b15-9+. The Balaban J connectivity index is 1.91. The van der Waals surface area contributed by atoms with Gasteiger partial charge in [-0.15, -0.1) is 0 Å². The van der Waals surface area contributed by atoms with E-state index < -0.39 is 0 Å². The fourth-order valence-electron chi connectivity index (χ4n) is 2.81. The van der Waals surface area contributed by atoms with E-state index in [1.807, 2.05) is 36.5 Å². The Labute approximate surface area is 122 Å². The lowest BCUT2D eigenvalue weighted by atomic mass is 10.0. The second-order valence-corrected chi connectivity index (χ2v) is 5.35. The number of H-pyrrole nitrogens is 1. The van der Waals surface area contributed by atoms with Gasteiger partial charge in [-0.1, -0.05) is 29.8 Å². The molecule has 0 bridgehead atoms. The first kappa shape index (κ1) is 12.0. The molecule has 3 aromatic rings. The summed E-state index contributed by atoms with van der Waals surface area (Å²) in [5.41, 5.74) is 5.88. The van der Waals surface area contributed by atoms with E-state index in [0.717, 1.165) is 27.7 Å². The number of amides is 1. The molecule has 2 aromatic carbocycles. The molecule has 2 heterocycles. The van der Waals surface area contributed by atoms with E-state index in [4.69, 9.17) is 0 Å². The highest BCUT2D eigenvalue weighted by Gasteiger charge is 2.23. The van der Waals surface area contributed by atoms with Crippen molar-refractivity contribution >= 4 is 34.1 Å². The third-order valence-corrected chi connectivity index (χ3v) is 3.88. The van der Waals surface area contributed by atoms with Gasteiger partial charge in [-0.3, -0.25) is 4.79 Å². The van der Waals surface area contributed by atoms with Crippen LogP contribution in [0.2, 0.25) is 0 Å². The number of hydrogen-bond donors (Lipinski definition) is 2. The lowest BCUT2D eigenvalue weighted by Gasteiger charge is -1.98. The maximum atomic E-state index is 12.2. The minimum atomic E-state index is -0.0433. The van der Waals surface area contributed by atoms with Gasteiger partial charge in [0.1, 0.15) is 0 Å². The van der Waals surface area contributed by atoms with E-state index in [0.29, 0.717) is 5.57 Å². The van der Waals surface area contributed by atoms with Crippen molar-refractivity contribution in [1.29, 1.82) is 0 Å². The lowest BCUT2D eigenvalue weighted by molar-refractivity contribution is -0.110. The zero-order valence-electron chi connectivity index (χ0n) is 11.6. The first-order chi connectivity index (χ1) is 10.2. The Hall–Kier alpha value is -2.81. The van der Waals surface area contributed by atoms with Crippen molar-refractivity contribution in [2.45, 2.75) is 6.92 Å². The first-order valence-corrected chi connectivity index (χ1v) is 6.92. The number of nitrogens with one attached hydrogen (secondary N) is 2. The van der Waals surface area contributed by atoms with Gasteiger partial charge >= 0.3 is 0 Å². The summed E-state index contributed by atoms with van der Waals surface area (Å²) in [5, 5.41) is 4.04. The molecule has 0 atom stereocenters. The molecule has 2 N–H and O–H groups in total. The molecule has 1 aromatic heterocycles. The fraction of sp³-hybridized carbons (Fsp3) is 0.0556. The summed E-state index contributed by atoms with van der Waals surface area (Å²) >= 11 is 0. The largest absolute Gasteiger partial charge is 0.361 e. The lowest BCUT2D eigenvalue weighted by Crippen LogP contribution is -2.03. The highest BCUT2D eigenvalue weighted by molar-refractivity contribution is 6.35. The quantitative estimate of drug-likeness (QED) is 0.648. The molecule has 4 rings (SSSR count). The molecular formula is C18H14N2O. The summed E-state index contributed by atoms with van der Waals surface area (Å²) in [4.78, 5) is 15.4. The fourth-order valence-corrected chi connectivity index (χ4v) is 2.81. The van der Waals surface area contributed by atoms with Gasteiger partial charge in [-0.2, -0.15) is 0 Å². The minimum Gasteiger partial charge on any atom is -0.361 e. The number of fused-ring (bicyclic) bond motifs is 2. The third-order valence-electron chi connectivity index (χ3n) is 3.88. The minimum absolute atomic E-state index is 0.0433. The number of hydrogen-bond acceptors (Lipinski definition) is 1. The van der Waals surface area contributed by atoms with Crippen LogP contribution in [-0.2, 0) is 4.79 Å². The van der Waals surface area contributed by atoms with Crippen LogP contribution < -0.4 is 5.32 Å². The van der Waals surface area contributed by atoms with Crippen LogP contribution in [0.1, 0.15) is 16.7 Å². The topological polar surface area (TPSA) is 44.9 Å². The van der Waals surface area contributed by atoms with E-state index in [1.54, 1.807) is 0 Å². The number of rotatable bonds is 1. The van der Waals surface area contributed by atoms with Crippen molar-refractivity contribution in [3.8, 4) is 0 Å². The van der Waals surface area contributed by atoms with Crippen molar-refractivity contribution in [3.63, 3.8) is 0 Å². The van der Waals surface area contributed by atoms with Crippen LogP contribution in [0.15, 0.2) is 48.7 Å². The molecule has 0 spiro atoms. The van der Waals surface area contributed by atoms with E-state index >= 15 is 0 Å². The molecule has 0 fully saturated rings. The molecule has 21 heavy (non-hydrogen) atoms. The average molecular weight is 274 g/mol. The molecule has 0 aliphatic carbocycles. The van der Waals surface area contributed by atoms with Crippen LogP contribution in [-0.4, -0.2) is 10.9 Å². The number of aryl methyl sites for hydroxylation is 1. The van der Waals surface area contributed by atoms with Gasteiger partial charge < -0.3 is 10.3 Å². The summed E-state index contributed by atoms with van der Waals surface area (Å²) in [7, 11) is 0. The Kier molecular flexibility index (Phi) is 2.48. The average Bonchev–Trinajstić information content (AvgIpc) is 3.01. The van der Waals surface area contributed by atoms with Gasteiger partial charge in [-0.05, 0) is 31.2 Å². The number of carbonyl (C=O) groups is 1. The van der Waals surface area contributed by atoms with Gasteiger partial charge in [0.25, 0.3) is 5.91 Å². The van der Waals surface area contributed by atoms with Crippen molar-refractivity contribution in [2.24, 2.45) is 0 Å². The van der Waals surface area contributed by atoms with Crippen molar-refractivity contribution in [1.82, 2.24) is 4.98 Å². The molecule has 0 saturated heterocycles. The summed E-state index contributed by atoms with van der Waals surface area (Å²) in [5.74, 6) is -0.0433. The summed E-state index contributed by atoms with van der Waals surface area (Å²) < 4.78 is 0. The predicted molar refractivity (Wildman–Crippen MR) is 86.0 cm³/mol. The smallest absolute Gasteiger partial charge is 0.256 e. The van der Waals surface area contributed by atoms with Crippen molar-refractivity contribution < 1.29 is 4.79 Å². The number of para-hydroxylation sites is 1. The van der Waals surface area contributed by atoms with Crippen LogP contribution in [0.25, 0.3) is 22.6 Å². The van der Waals surface area contributed by atoms with E-state index in [2.05, 4.69) is 35.4 Å². The molecular weight excluding hydrogens is 260 g/mol. The van der Waals surface area contributed by atoms with Crippen LogP contribution in [0, 0.1) is 6.92 Å². The van der Waals surface area contributed by atoms with Gasteiger partial charge in [-0.25, -0.2) is 0 Å². The van der Waals surface area contributed by atoms with Crippen LogP contribution in [0.5, 0.6) is 0 Å². The Morgan fingerprint density at radius 1 is 1.10 bits per heavy atom. The number of anilines is 1. The van der Waals surface area contributed by atoms with E-state index in [1.165, 1.54) is 5.56 Å². The predicted octanol–water partition coefficient (Wildman–Crippen LogP) is 3.97. The maximum Gasteiger partial charge on any atom is 0.256 e. The zero-order valence-corrected chi connectivity index (χ0v) is 11.6. The second-order valence-electron chi connectivity index (χ2n) is 5.35. The number of benzene rings is 2. The first-order valence-electron chi connectivity index (χ1n) is 6.92. The number of carbonyl (C=O) groups excluding carboxylic acids is 1. The Morgan fingerprint density at radius 3 is 2.86 bits per heavy atom. The Morgan fingerprint density at radius 2 is 1.95 bits per heavy atom. The SMILES string of the molecule is Cc1ccc2[nH]cc(/C=C3/C(=O)Nc4ccccc43)c2c1. The molecule has 1 aliphatic heterocycles. The Bertz CT molecular complexity index is 902. The zero-order chi connectivity index (χ0) is 14.4. The highest BCUT2D eigenvalue weighted by atomic mass is 16.2. The highest BCUT2D eigenvalue weighted by Crippen LogP contribution is 2.33. The molecule has 1 amide bonds.